The van der Waals surface area contributed by atoms with E-state index in [1.807, 2.05) is 6.92 Å². The molecule has 0 spiro atoms. The Bertz CT molecular complexity index is 303. The van der Waals surface area contributed by atoms with Crippen molar-refractivity contribution in [1.29, 1.82) is 0 Å². The smallest absolute Gasteiger partial charge is 0.233 e. The lowest BCUT2D eigenvalue weighted by Crippen LogP contribution is -2.40. The van der Waals surface area contributed by atoms with Crippen LogP contribution in [0.15, 0.2) is 0 Å². The van der Waals surface area contributed by atoms with Crippen LogP contribution in [0.4, 0.5) is 0 Å². The number of hydrogen-bond donors (Lipinski definition) is 1. The molecule has 1 heterocycles. The minimum atomic E-state index is -0.478. The lowest BCUT2D eigenvalue weighted by atomic mass is 9.81. The maximum Gasteiger partial charge on any atom is 0.233 e. The molecule has 2 fully saturated rings. The zero-order valence-electron chi connectivity index (χ0n) is 10.6. The van der Waals surface area contributed by atoms with Crippen molar-refractivity contribution in [3.05, 3.63) is 0 Å². The molecule has 0 aromatic heterocycles. The van der Waals surface area contributed by atoms with Gasteiger partial charge >= 0.3 is 0 Å². The quantitative estimate of drug-likeness (QED) is 0.756. The third kappa shape index (κ3) is 2.23. The highest BCUT2D eigenvalue weighted by atomic mass is 16.3. The van der Waals surface area contributed by atoms with Gasteiger partial charge in [-0.1, -0.05) is 12.8 Å². The molecule has 2 rings (SSSR count). The number of aliphatic hydroxyl groups excluding tert-OH is 1. The second-order valence-corrected chi connectivity index (χ2v) is 5.48. The van der Waals surface area contributed by atoms with Crippen LogP contribution in [0.1, 0.15) is 46.0 Å². The Morgan fingerprint density at radius 3 is 2.06 bits per heavy atom. The summed E-state index contributed by atoms with van der Waals surface area (Å²) >= 11 is 0. The molecule has 17 heavy (non-hydrogen) atoms. The first kappa shape index (κ1) is 12.6. The number of imide groups is 1. The van der Waals surface area contributed by atoms with Gasteiger partial charge in [-0.25, -0.2) is 0 Å². The Morgan fingerprint density at radius 2 is 1.65 bits per heavy atom. The van der Waals surface area contributed by atoms with Crippen molar-refractivity contribution in [2.24, 2.45) is 11.8 Å². The van der Waals surface area contributed by atoms with E-state index < -0.39 is 6.10 Å². The molecule has 0 bridgehead atoms. The standard InChI is InChI=1S/C13H21NO3/c1-8(7-9(2)15)14-12(16)10-5-3-4-6-11(10)13(14)17/h8-11,15H,3-7H2,1-2H3. The van der Waals surface area contributed by atoms with Crippen molar-refractivity contribution in [3.63, 3.8) is 0 Å². The van der Waals surface area contributed by atoms with Gasteiger partial charge in [-0.3, -0.25) is 14.5 Å². The van der Waals surface area contributed by atoms with E-state index in [2.05, 4.69) is 0 Å². The molecule has 1 aliphatic heterocycles. The van der Waals surface area contributed by atoms with Gasteiger partial charge in [0, 0.05) is 6.04 Å². The summed E-state index contributed by atoms with van der Waals surface area (Å²) in [6.45, 7) is 3.54. The lowest BCUT2D eigenvalue weighted by molar-refractivity contribution is -0.142. The van der Waals surface area contributed by atoms with Crippen LogP contribution in [0.2, 0.25) is 0 Å². The summed E-state index contributed by atoms with van der Waals surface area (Å²) in [5, 5.41) is 9.36. The Hall–Kier alpha value is -0.900. The van der Waals surface area contributed by atoms with E-state index in [0.717, 1.165) is 25.7 Å². The largest absolute Gasteiger partial charge is 0.393 e. The zero-order chi connectivity index (χ0) is 12.6. The summed E-state index contributed by atoms with van der Waals surface area (Å²) in [7, 11) is 0. The minimum Gasteiger partial charge on any atom is -0.393 e. The van der Waals surface area contributed by atoms with Gasteiger partial charge < -0.3 is 5.11 Å². The monoisotopic (exact) mass is 239 g/mol. The fourth-order valence-corrected chi connectivity index (χ4v) is 3.22. The van der Waals surface area contributed by atoms with Crippen molar-refractivity contribution in [3.8, 4) is 0 Å². The van der Waals surface area contributed by atoms with Gasteiger partial charge in [-0.15, -0.1) is 0 Å². The molecule has 1 aliphatic carbocycles. The highest BCUT2D eigenvalue weighted by molar-refractivity contribution is 6.05. The van der Waals surface area contributed by atoms with Crippen LogP contribution < -0.4 is 0 Å². The molecule has 1 saturated heterocycles. The van der Waals surface area contributed by atoms with Crippen LogP contribution in [0.5, 0.6) is 0 Å². The summed E-state index contributed by atoms with van der Waals surface area (Å²) in [4.78, 5) is 25.8. The van der Waals surface area contributed by atoms with Crippen LogP contribution in [0.3, 0.4) is 0 Å². The van der Waals surface area contributed by atoms with E-state index in [9.17, 15) is 14.7 Å². The molecule has 96 valence electrons. The van der Waals surface area contributed by atoms with E-state index in [1.54, 1.807) is 6.92 Å². The van der Waals surface area contributed by atoms with Crippen molar-refractivity contribution in [2.45, 2.75) is 58.1 Å². The number of rotatable bonds is 3. The third-order valence-electron chi connectivity index (χ3n) is 4.00. The molecule has 2 amide bonds. The second kappa shape index (κ2) is 4.77. The van der Waals surface area contributed by atoms with Gasteiger partial charge in [-0.2, -0.15) is 0 Å². The molecule has 4 unspecified atom stereocenters. The predicted octanol–water partition coefficient (Wildman–Crippen LogP) is 1.32. The first-order chi connectivity index (χ1) is 8.02. The van der Waals surface area contributed by atoms with Gasteiger partial charge in [0.1, 0.15) is 0 Å². The van der Waals surface area contributed by atoms with Gasteiger partial charge in [-0.05, 0) is 33.1 Å². The number of fused-ring (bicyclic) bond motifs is 1. The van der Waals surface area contributed by atoms with Crippen LogP contribution in [-0.4, -0.2) is 34.0 Å². The maximum atomic E-state index is 12.2. The van der Waals surface area contributed by atoms with E-state index >= 15 is 0 Å². The van der Waals surface area contributed by atoms with Gasteiger partial charge in [0.25, 0.3) is 0 Å². The number of aliphatic hydroxyl groups is 1. The van der Waals surface area contributed by atoms with Crippen molar-refractivity contribution in [2.75, 3.05) is 0 Å². The SMILES string of the molecule is CC(O)CC(C)N1C(=O)C2CCCCC2C1=O. The fourth-order valence-electron chi connectivity index (χ4n) is 3.22. The highest BCUT2D eigenvalue weighted by Crippen LogP contribution is 2.39. The first-order valence-corrected chi connectivity index (χ1v) is 6.57. The number of hydrogen-bond acceptors (Lipinski definition) is 3. The minimum absolute atomic E-state index is 0.00662. The third-order valence-corrected chi connectivity index (χ3v) is 4.00. The number of carbonyl (C=O) groups is 2. The van der Waals surface area contributed by atoms with E-state index in [4.69, 9.17) is 0 Å². The molecule has 0 radical (unpaired) electrons. The molecular weight excluding hydrogens is 218 g/mol. The summed E-state index contributed by atoms with van der Waals surface area (Å²) in [6.07, 6.45) is 3.81. The molecule has 4 nitrogen and oxygen atoms in total. The summed E-state index contributed by atoms with van der Waals surface area (Å²) in [6, 6.07) is -0.180. The molecule has 0 aromatic carbocycles. The van der Waals surface area contributed by atoms with Crippen LogP contribution >= 0.6 is 0 Å². The Kier molecular flexibility index (Phi) is 3.52. The number of nitrogens with zero attached hydrogens (tertiary/aromatic N) is 1. The molecule has 1 saturated carbocycles. The summed E-state index contributed by atoms with van der Waals surface area (Å²) in [5.74, 6) is -0.166. The molecule has 4 atom stereocenters. The summed E-state index contributed by atoms with van der Waals surface area (Å²) < 4.78 is 0. The predicted molar refractivity (Wildman–Crippen MR) is 63.1 cm³/mol. The van der Waals surface area contributed by atoms with E-state index in [1.165, 1.54) is 4.90 Å². The van der Waals surface area contributed by atoms with E-state index in [-0.39, 0.29) is 29.7 Å². The number of likely N-dealkylation sites (tertiary alicyclic amines) is 1. The normalized spacial score (nSPS) is 32.5. The van der Waals surface area contributed by atoms with E-state index in [0.29, 0.717) is 6.42 Å². The molecule has 1 N–H and O–H groups in total. The van der Waals surface area contributed by atoms with Crippen molar-refractivity contribution in [1.82, 2.24) is 4.90 Å². The number of amides is 2. The van der Waals surface area contributed by atoms with Gasteiger partial charge in [0.2, 0.25) is 11.8 Å². The molecule has 4 heteroatoms. The average Bonchev–Trinajstić information content (AvgIpc) is 2.51. The average molecular weight is 239 g/mol. The van der Waals surface area contributed by atoms with Crippen LogP contribution in [-0.2, 0) is 9.59 Å². The topological polar surface area (TPSA) is 57.6 Å². The zero-order valence-corrected chi connectivity index (χ0v) is 10.6. The lowest BCUT2D eigenvalue weighted by Gasteiger charge is -2.24. The summed E-state index contributed by atoms with van der Waals surface area (Å²) in [5.41, 5.74) is 0. The Labute approximate surface area is 102 Å². The Morgan fingerprint density at radius 1 is 1.18 bits per heavy atom. The maximum absolute atomic E-state index is 12.2. The molecular formula is C13H21NO3. The van der Waals surface area contributed by atoms with Crippen molar-refractivity contribution >= 4 is 11.8 Å². The van der Waals surface area contributed by atoms with Gasteiger partial charge in [0.05, 0.1) is 17.9 Å². The fraction of sp³-hybridized carbons (Fsp3) is 0.846. The van der Waals surface area contributed by atoms with Crippen LogP contribution in [0.25, 0.3) is 0 Å². The molecule has 0 aromatic rings. The van der Waals surface area contributed by atoms with Gasteiger partial charge in [0.15, 0.2) is 0 Å². The molecule has 2 aliphatic rings. The Balaban J connectivity index is 2.12. The highest BCUT2D eigenvalue weighted by Gasteiger charge is 2.49. The van der Waals surface area contributed by atoms with Crippen LogP contribution in [0, 0.1) is 11.8 Å². The first-order valence-electron chi connectivity index (χ1n) is 6.57. The van der Waals surface area contributed by atoms with Crippen molar-refractivity contribution < 1.29 is 14.7 Å². The number of carbonyl (C=O) groups excluding carboxylic acids is 2. The second-order valence-electron chi connectivity index (χ2n) is 5.48.